The maximum Gasteiger partial charge on any atom is 0.125 e. The standard InChI is InChI=1S/C17H26N2O2/c1-19-8-4-5-14(19)11-13-12-18-15-6-3-7-16(17(13)15)21-10-9-20-2/h3,6-7,13-14,18H,4-5,8-12H2,1-2H3. The largest absolute Gasteiger partial charge is 0.491 e. The Morgan fingerprint density at radius 1 is 1.33 bits per heavy atom. The molecule has 1 aromatic carbocycles. The van der Waals surface area contributed by atoms with Crippen LogP contribution in [-0.4, -0.2) is 51.4 Å². The second-order valence-corrected chi connectivity index (χ2v) is 6.15. The molecule has 1 saturated heterocycles. The molecule has 2 atom stereocenters. The highest BCUT2D eigenvalue weighted by atomic mass is 16.5. The van der Waals surface area contributed by atoms with E-state index in [1.54, 1.807) is 7.11 Å². The van der Waals surface area contributed by atoms with E-state index in [0.717, 1.165) is 18.3 Å². The first kappa shape index (κ1) is 14.7. The van der Waals surface area contributed by atoms with Gasteiger partial charge in [-0.3, -0.25) is 0 Å². The molecule has 4 nitrogen and oxygen atoms in total. The van der Waals surface area contributed by atoms with Crippen LogP contribution in [0.1, 0.15) is 30.7 Å². The molecule has 1 fully saturated rings. The van der Waals surface area contributed by atoms with Crippen molar-refractivity contribution in [3.8, 4) is 5.75 Å². The van der Waals surface area contributed by atoms with Crippen LogP contribution in [-0.2, 0) is 4.74 Å². The van der Waals surface area contributed by atoms with Crippen LogP contribution in [0.4, 0.5) is 5.69 Å². The van der Waals surface area contributed by atoms with Crippen LogP contribution >= 0.6 is 0 Å². The summed E-state index contributed by atoms with van der Waals surface area (Å²) in [6, 6.07) is 7.04. The van der Waals surface area contributed by atoms with E-state index in [1.165, 1.54) is 37.1 Å². The number of nitrogens with zero attached hydrogens (tertiary/aromatic N) is 1. The van der Waals surface area contributed by atoms with Gasteiger partial charge < -0.3 is 19.7 Å². The van der Waals surface area contributed by atoms with Crippen molar-refractivity contribution in [2.75, 3.05) is 45.8 Å². The zero-order valence-corrected chi connectivity index (χ0v) is 13.1. The predicted octanol–water partition coefficient (Wildman–Crippen LogP) is 2.71. The fourth-order valence-electron chi connectivity index (χ4n) is 3.62. The second-order valence-electron chi connectivity index (χ2n) is 6.15. The molecule has 4 heteroatoms. The van der Waals surface area contributed by atoms with Crippen molar-refractivity contribution in [1.29, 1.82) is 0 Å². The van der Waals surface area contributed by atoms with Gasteiger partial charge in [0, 0.05) is 36.9 Å². The number of benzene rings is 1. The molecule has 0 amide bonds. The van der Waals surface area contributed by atoms with Crippen LogP contribution in [0.15, 0.2) is 18.2 Å². The molecule has 0 aromatic heterocycles. The topological polar surface area (TPSA) is 33.7 Å². The number of anilines is 1. The molecule has 1 N–H and O–H groups in total. The maximum absolute atomic E-state index is 5.93. The van der Waals surface area contributed by atoms with Crippen LogP contribution in [0.2, 0.25) is 0 Å². The van der Waals surface area contributed by atoms with Crippen molar-refractivity contribution >= 4 is 5.69 Å². The number of hydrogen-bond donors (Lipinski definition) is 1. The highest BCUT2D eigenvalue weighted by Gasteiger charge is 2.31. The van der Waals surface area contributed by atoms with Gasteiger partial charge in [0.2, 0.25) is 0 Å². The van der Waals surface area contributed by atoms with Gasteiger partial charge in [0.15, 0.2) is 0 Å². The number of nitrogens with one attached hydrogen (secondary N) is 1. The van der Waals surface area contributed by atoms with Gasteiger partial charge in [-0.1, -0.05) is 6.07 Å². The van der Waals surface area contributed by atoms with E-state index in [-0.39, 0.29) is 0 Å². The monoisotopic (exact) mass is 290 g/mol. The Kier molecular flexibility index (Phi) is 4.66. The molecule has 1 aromatic rings. The smallest absolute Gasteiger partial charge is 0.125 e. The predicted molar refractivity (Wildman–Crippen MR) is 85.3 cm³/mol. The van der Waals surface area contributed by atoms with E-state index < -0.39 is 0 Å². The third-order valence-electron chi connectivity index (χ3n) is 4.79. The van der Waals surface area contributed by atoms with Crippen molar-refractivity contribution in [3.05, 3.63) is 23.8 Å². The van der Waals surface area contributed by atoms with Crippen LogP contribution < -0.4 is 10.1 Å². The van der Waals surface area contributed by atoms with E-state index in [4.69, 9.17) is 9.47 Å². The van der Waals surface area contributed by atoms with Gasteiger partial charge in [0.1, 0.15) is 12.4 Å². The zero-order chi connectivity index (χ0) is 14.7. The quantitative estimate of drug-likeness (QED) is 0.817. The zero-order valence-electron chi connectivity index (χ0n) is 13.1. The first-order valence-corrected chi connectivity index (χ1v) is 7.98. The van der Waals surface area contributed by atoms with Crippen LogP contribution in [0.3, 0.4) is 0 Å². The lowest BCUT2D eigenvalue weighted by Gasteiger charge is -2.23. The number of rotatable bonds is 6. The highest BCUT2D eigenvalue weighted by Crippen LogP contribution is 2.42. The lowest BCUT2D eigenvalue weighted by Crippen LogP contribution is -2.27. The summed E-state index contributed by atoms with van der Waals surface area (Å²) in [4.78, 5) is 2.51. The molecule has 2 aliphatic heterocycles. The molecule has 116 valence electrons. The molecule has 0 radical (unpaired) electrons. The molecular formula is C17H26N2O2. The number of fused-ring (bicyclic) bond motifs is 1. The van der Waals surface area contributed by atoms with Gasteiger partial charge in [0.05, 0.1) is 6.61 Å². The first-order valence-electron chi connectivity index (χ1n) is 7.98. The van der Waals surface area contributed by atoms with Gasteiger partial charge >= 0.3 is 0 Å². The third kappa shape index (κ3) is 3.16. The Balaban J connectivity index is 1.73. The van der Waals surface area contributed by atoms with Crippen molar-refractivity contribution in [3.63, 3.8) is 0 Å². The average molecular weight is 290 g/mol. The SMILES string of the molecule is COCCOc1cccc2c1C(CC1CCCN1C)CN2. The molecule has 0 spiro atoms. The number of ether oxygens (including phenoxy) is 2. The van der Waals surface area contributed by atoms with Crippen molar-refractivity contribution in [1.82, 2.24) is 4.90 Å². The van der Waals surface area contributed by atoms with Gasteiger partial charge in [-0.25, -0.2) is 0 Å². The molecule has 0 saturated carbocycles. The molecule has 21 heavy (non-hydrogen) atoms. The van der Waals surface area contributed by atoms with Crippen molar-refractivity contribution < 1.29 is 9.47 Å². The third-order valence-corrected chi connectivity index (χ3v) is 4.79. The van der Waals surface area contributed by atoms with Gasteiger partial charge in [-0.05, 0) is 45.0 Å². The fraction of sp³-hybridized carbons (Fsp3) is 0.647. The lowest BCUT2D eigenvalue weighted by atomic mass is 9.92. The summed E-state index contributed by atoms with van der Waals surface area (Å²) >= 11 is 0. The minimum absolute atomic E-state index is 0.560. The van der Waals surface area contributed by atoms with Crippen molar-refractivity contribution in [2.24, 2.45) is 0 Å². The Bertz CT molecular complexity index is 478. The molecule has 3 rings (SSSR count). The highest BCUT2D eigenvalue weighted by molar-refractivity contribution is 5.63. The van der Waals surface area contributed by atoms with E-state index in [1.807, 2.05) is 0 Å². The number of methoxy groups -OCH3 is 1. The fourth-order valence-corrected chi connectivity index (χ4v) is 3.62. The normalized spacial score (nSPS) is 24.9. The summed E-state index contributed by atoms with van der Waals surface area (Å²) in [6.45, 7) is 3.52. The maximum atomic E-state index is 5.93. The van der Waals surface area contributed by atoms with Gasteiger partial charge in [-0.2, -0.15) is 0 Å². The minimum atomic E-state index is 0.560. The van der Waals surface area contributed by atoms with Gasteiger partial charge in [-0.15, -0.1) is 0 Å². The molecule has 2 aliphatic rings. The van der Waals surface area contributed by atoms with Crippen LogP contribution in [0.25, 0.3) is 0 Å². The molecule has 0 bridgehead atoms. The summed E-state index contributed by atoms with van der Waals surface area (Å²) in [5.74, 6) is 1.59. The summed E-state index contributed by atoms with van der Waals surface area (Å²) in [5.41, 5.74) is 2.62. The average Bonchev–Trinajstić information content (AvgIpc) is 3.08. The Hall–Kier alpha value is -1.26. The molecule has 0 aliphatic carbocycles. The number of hydrogen-bond acceptors (Lipinski definition) is 4. The Labute approximate surface area is 127 Å². The molecule has 2 unspecified atom stereocenters. The summed E-state index contributed by atoms with van der Waals surface area (Å²) in [7, 11) is 3.96. The lowest BCUT2D eigenvalue weighted by molar-refractivity contribution is 0.145. The summed E-state index contributed by atoms with van der Waals surface area (Å²) in [6.07, 6.45) is 3.89. The Morgan fingerprint density at radius 2 is 2.24 bits per heavy atom. The van der Waals surface area contributed by atoms with Crippen molar-refractivity contribution in [2.45, 2.75) is 31.2 Å². The van der Waals surface area contributed by atoms with Crippen LogP contribution in [0, 0.1) is 0 Å². The second kappa shape index (κ2) is 6.67. The van der Waals surface area contributed by atoms with Crippen LogP contribution in [0.5, 0.6) is 5.75 Å². The first-order chi connectivity index (χ1) is 10.3. The molecule has 2 heterocycles. The Morgan fingerprint density at radius 3 is 3.00 bits per heavy atom. The molecular weight excluding hydrogens is 264 g/mol. The summed E-state index contributed by atoms with van der Waals surface area (Å²) in [5, 5.41) is 3.54. The van der Waals surface area contributed by atoms with E-state index in [2.05, 4.69) is 35.5 Å². The van der Waals surface area contributed by atoms with Gasteiger partial charge in [0.25, 0.3) is 0 Å². The number of likely N-dealkylation sites (tertiary alicyclic amines) is 1. The van der Waals surface area contributed by atoms with E-state index in [9.17, 15) is 0 Å². The minimum Gasteiger partial charge on any atom is -0.491 e. The summed E-state index contributed by atoms with van der Waals surface area (Å²) < 4.78 is 11.0. The van der Waals surface area contributed by atoms with E-state index >= 15 is 0 Å². The van der Waals surface area contributed by atoms with E-state index in [0.29, 0.717) is 19.1 Å².